The normalized spacial score (nSPS) is 13.0. The number of benzene rings is 3. The molecule has 0 aliphatic heterocycles. The molecule has 3 aromatic carbocycles. The molecule has 0 atom stereocenters. The predicted molar refractivity (Wildman–Crippen MR) is 88.1 cm³/mol. The van der Waals surface area contributed by atoms with Crippen molar-refractivity contribution in [2.24, 2.45) is 0 Å². The minimum Gasteiger partial charge on any atom is -0.397 e. The Balaban J connectivity index is 1.98. The van der Waals surface area contributed by atoms with Crippen molar-refractivity contribution in [1.29, 1.82) is 0 Å². The lowest BCUT2D eigenvalue weighted by Gasteiger charge is -2.15. The molecule has 1 aliphatic rings. The van der Waals surface area contributed by atoms with Crippen molar-refractivity contribution in [3.63, 3.8) is 0 Å². The number of nitrogens with two attached hydrogens (primary N) is 2. The highest BCUT2D eigenvalue weighted by molar-refractivity contribution is 5.81. The van der Waals surface area contributed by atoms with Crippen LogP contribution in [0.3, 0.4) is 0 Å². The summed E-state index contributed by atoms with van der Waals surface area (Å²) in [7, 11) is 0. The van der Waals surface area contributed by atoms with Gasteiger partial charge in [-0.3, -0.25) is 0 Å². The molecule has 0 radical (unpaired) electrons. The Bertz CT molecular complexity index is 791. The fraction of sp³-hybridized carbons (Fsp3) is 0.0526. The largest absolute Gasteiger partial charge is 0.397 e. The molecule has 4 N–H and O–H groups in total. The first-order valence-electron chi connectivity index (χ1n) is 7.09. The van der Waals surface area contributed by atoms with Crippen molar-refractivity contribution in [1.82, 2.24) is 0 Å². The summed E-state index contributed by atoms with van der Waals surface area (Å²) < 4.78 is 0. The molecule has 4 rings (SSSR count). The molecule has 0 bridgehead atoms. The van der Waals surface area contributed by atoms with Gasteiger partial charge in [0, 0.05) is 5.92 Å². The molecule has 102 valence electrons. The van der Waals surface area contributed by atoms with Crippen molar-refractivity contribution >= 4 is 11.4 Å². The second kappa shape index (κ2) is 4.38. The van der Waals surface area contributed by atoms with E-state index >= 15 is 0 Å². The molecule has 0 saturated carbocycles. The third-order valence-electron chi connectivity index (χ3n) is 4.28. The van der Waals surface area contributed by atoms with E-state index in [2.05, 4.69) is 54.6 Å². The lowest BCUT2D eigenvalue weighted by Crippen LogP contribution is -2.02. The third kappa shape index (κ3) is 1.73. The van der Waals surface area contributed by atoms with Gasteiger partial charge < -0.3 is 11.5 Å². The highest BCUT2D eigenvalue weighted by Crippen LogP contribution is 2.48. The molecule has 0 heterocycles. The number of fused-ring (bicyclic) bond motifs is 3. The monoisotopic (exact) mass is 272 g/mol. The van der Waals surface area contributed by atoms with Crippen LogP contribution in [0, 0.1) is 0 Å². The number of anilines is 2. The summed E-state index contributed by atoms with van der Waals surface area (Å²) in [6.07, 6.45) is 0. The zero-order valence-electron chi connectivity index (χ0n) is 11.6. The van der Waals surface area contributed by atoms with E-state index < -0.39 is 0 Å². The summed E-state index contributed by atoms with van der Waals surface area (Å²) in [6, 6.07) is 23.1. The second-order valence-electron chi connectivity index (χ2n) is 5.50. The van der Waals surface area contributed by atoms with Crippen molar-refractivity contribution in [3.05, 3.63) is 83.4 Å². The molecule has 0 aromatic heterocycles. The SMILES string of the molecule is Nc1ccc(C2c3ccccc3-c3ccccc32)cc1N. The van der Waals surface area contributed by atoms with E-state index in [4.69, 9.17) is 11.5 Å². The fourth-order valence-electron chi connectivity index (χ4n) is 3.29. The van der Waals surface area contributed by atoms with Crippen molar-refractivity contribution in [2.45, 2.75) is 5.92 Å². The highest BCUT2D eigenvalue weighted by Gasteiger charge is 2.29. The van der Waals surface area contributed by atoms with Gasteiger partial charge in [0.25, 0.3) is 0 Å². The van der Waals surface area contributed by atoms with E-state index in [1.807, 2.05) is 12.1 Å². The average Bonchev–Trinajstić information content (AvgIpc) is 2.85. The summed E-state index contributed by atoms with van der Waals surface area (Å²) in [6.45, 7) is 0. The Hall–Kier alpha value is -2.74. The van der Waals surface area contributed by atoms with E-state index in [0.29, 0.717) is 11.4 Å². The summed E-state index contributed by atoms with van der Waals surface area (Å²) in [5.41, 5.74) is 19.6. The van der Waals surface area contributed by atoms with Crippen molar-refractivity contribution in [2.75, 3.05) is 11.5 Å². The van der Waals surface area contributed by atoms with Gasteiger partial charge in [0.1, 0.15) is 0 Å². The molecule has 21 heavy (non-hydrogen) atoms. The minimum absolute atomic E-state index is 0.236. The van der Waals surface area contributed by atoms with Gasteiger partial charge in [0.05, 0.1) is 11.4 Å². The Labute approximate surface area is 124 Å². The van der Waals surface area contributed by atoms with Crippen LogP contribution in [-0.4, -0.2) is 0 Å². The number of nitrogen functional groups attached to an aromatic ring is 2. The van der Waals surface area contributed by atoms with Gasteiger partial charge in [0.2, 0.25) is 0 Å². The molecular weight excluding hydrogens is 256 g/mol. The summed E-state index contributed by atoms with van der Waals surface area (Å²) >= 11 is 0. The van der Waals surface area contributed by atoms with Gasteiger partial charge in [-0.1, -0.05) is 54.6 Å². The van der Waals surface area contributed by atoms with Gasteiger partial charge in [-0.25, -0.2) is 0 Å². The molecule has 0 amide bonds. The Morgan fingerprint density at radius 3 is 1.76 bits per heavy atom. The van der Waals surface area contributed by atoms with Crippen LogP contribution < -0.4 is 11.5 Å². The lowest BCUT2D eigenvalue weighted by molar-refractivity contribution is 1.02. The maximum Gasteiger partial charge on any atom is 0.0550 e. The van der Waals surface area contributed by atoms with Crippen LogP contribution >= 0.6 is 0 Å². The second-order valence-corrected chi connectivity index (χ2v) is 5.50. The van der Waals surface area contributed by atoms with E-state index in [1.54, 1.807) is 0 Å². The van der Waals surface area contributed by atoms with Gasteiger partial charge in [-0.05, 0) is 39.9 Å². The standard InChI is InChI=1S/C19H16N2/c20-17-10-9-12(11-18(17)21)19-15-7-3-1-5-13(15)14-6-2-4-8-16(14)19/h1-11,19H,20-21H2. The highest BCUT2D eigenvalue weighted by atomic mass is 14.7. The summed E-state index contributed by atoms with van der Waals surface area (Å²) in [5, 5.41) is 0. The third-order valence-corrected chi connectivity index (χ3v) is 4.28. The molecule has 0 saturated heterocycles. The Morgan fingerprint density at radius 2 is 1.19 bits per heavy atom. The average molecular weight is 272 g/mol. The van der Waals surface area contributed by atoms with Gasteiger partial charge in [-0.15, -0.1) is 0 Å². The van der Waals surface area contributed by atoms with Gasteiger partial charge in [-0.2, -0.15) is 0 Å². The molecule has 0 spiro atoms. The first kappa shape index (κ1) is 12.0. The zero-order valence-corrected chi connectivity index (χ0v) is 11.6. The van der Waals surface area contributed by atoms with E-state index in [1.165, 1.54) is 27.8 Å². The number of hydrogen-bond acceptors (Lipinski definition) is 2. The van der Waals surface area contributed by atoms with Crippen LogP contribution in [0.1, 0.15) is 22.6 Å². The van der Waals surface area contributed by atoms with E-state index in [0.717, 1.165) is 0 Å². The first-order chi connectivity index (χ1) is 10.3. The summed E-state index contributed by atoms with van der Waals surface area (Å²) in [4.78, 5) is 0. The Kier molecular flexibility index (Phi) is 2.51. The van der Waals surface area contributed by atoms with Crippen LogP contribution in [-0.2, 0) is 0 Å². The van der Waals surface area contributed by atoms with E-state index in [9.17, 15) is 0 Å². The lowest BCUT2D eigenvalue weighted by atomic mass is 9.89. The summed E-state index contributed by atoms with van der Waals surface area (Å²) in [5.74, 6) is 0.236. The maximum absolute atomic E-state index is 6.00. The zero-order chi connectivity index (χ0) is 14.4. The molecule has 0 unspecified atom stereocenters. The van der Waals surface area contributed by atoms with Crippen LogP contribution in [0.2, 0.25) is 0 Å². The van der Waals surface area contributed by atoms with Crippen LogP contribution in [0.15, 0.2) is 66.7 Å². The predicted octanol–water partition coefficient (Wildman–Crippen LogP) is 4.01. The molecule has 1 aliphatic carbocycles. The van der Waals surface area contributed by atoms with Crippen molar-refractivity contribution in [3.8, 4) is 11.1 Å². The topological polar surface area (TPSA) is 52.0 Å². The molecule has 0 fully saturated rings. The fourth-order valence-corrected chi connectivity index (χ4v) is 3.29. The van der Waals surface area contributed by atoms with E-state index in [-0.39, 0.29) is 5.92 Å². The molecule has 2 nitrogen and oxygen atoms in total. The molecule has 3 aromatic rings. The smallest absolute Gasteiger partial charge is 0.0550 e. The van der Waals surface area contributed by atoms with Gasteiger partial charge >= 0.3 is 0 Å². The number of rotatable bonds is 1. The first-order valence-corrected chi connectivity index (χ1v) is 7.09. The Morgan fingerprint density at radius 1 is 0.619 bits per heavy atom. The quantitative estimate of drug-likeness (QED) is 0.514. The minimum atomic E-state index is 0.236. The van der Waals surface area contributed by atoms with Crippen LogP contribution in [0.4, 0.5) is 11.4 Å². The van der Waals surface area contributed by atoms with Crippen LogP contribution in [0.25, 0.3) is 11.1 Å². The number of hydrogen-bond donors (Lipinski definition) is 2. The van der Waals surface area contributed by atoms with Gasteiger partial charge in [0.15, 0.2) is 0 Å². The van der Waals surface area contributed by atoms with Crippen LogP contribution in [0.5, 0.6) is 0 Å². The molecular formula is C19H16N2. The van der Waals surface area contributed by atoms with Crippen molar-refractivity contribution < 1.29 is 0 Å². The maximum atomic E-state index is 6.00. The molecule has 2 heteroatoms.